The van der Waals surface area contributed by atoms with E-state index in [2.05, 4.69) is 30.9 Å². The van der Waals surface area contributed by atoms with Gasteiger partial charge in [0.2, 0.25) is 0 Å². The number of ether oxygens (including phenoxy) is 1. The Kier molecular flexibility index (Phi) is 2.58. The highest BCUT2D eigenvalue weighted by Crippen LogP contribution is 2.27. The zero-order chi connectivity index (χ0) is 9.42. The molecule has 0 amide bonds. The number of rotatable bonds is 1. The first-order valence-corrected chi connectivity index (χ1v) is 5.14. The Morgan fingerprint density at radius 2 is 1.69 bits per heavy atom. The molecule has 76 valence electrons. The van der Waals surface area contributed by atoms with Gasteiger partial charge in [-0.15, -0.1) is 0 Å². The summed E-state index contributed by atoms with van der Waals surface area (Å²) in [7, 11) is 6.61. The zero-order valence-electron chi connectivity index (χ0n) is 8.86. The van der Waals surface area contributed by atoms with Crippen LogP contribution in [0, 0.1) is 0 Å². The highest BCUT2D eigenvalue weighted by atomic mass is 16.5. The van der Waals surface area contributed by atoms with Crippen molar-refractivity contribution in [2.24, 2.45) is 0 Å². The Labute approximate surface area is 80.6 Å². The van der Waals surface area contributed by atoms with Crippen LogP contribution in [0.5, 0.6) is 0 Å². The molecule has 3 heteroatoms. The molecule has 2 heterocycles. The SMILES string of the molecule is CN(C)C1CC2COCC(C1)N2C. The van der Waals surface area contributed by atoms with Gasteiger partial charge in [0.15, 0.2) is 0 Å². The third-order valence-corrected chi connectivity index (χ3v) is 3.59. The molecule has 2 atom stereocenters. The van der Waals surface area contributed by atoms with Gasteiger partial charge in [-0.1, -0.05) is 0 Å². The zero-order valence-corrected chi connectivity index (χ0v) is 8.86. The monoisotopic (exact) mass is 184 g/mol. The molecule has 0 spiro atoms. The van der Waals surface area contributed by atoms with Crippen LogP contribution in [-0.2, 0) is 4.74 Å². The van der Waals surface area contributed by atoms with E-state index in [-0.39, 0.29) is 0 Å². The van der Waals surface area contributed by atoms with E-state index < -0.39 is 0 Å². The smallest absolute Gasteiger partial charge is 0.0623 e. The maximum Gasteiger partial charge on any atom is 0.0623 e. The molecule has 2 saturated heterocycles. The van der Waals surface area contributed by atoms with Gasteiger partial charge in [0, 0.05) is 18.1 Å². The fourth-order valence-corrected chi connectivity index (χ4v) is 2.49. The van der Waals surface area contributed by atoms with Crippen molar-refractivity contribution in [3.8, 4) is 0 Å². The molecule has 0 N–H and O–H groups in total. The molecular formula is C10H20N2O. The van der Waals surface area contributed by atoms with Gasteiger partial charge in [-0.25, -0.2) is 0 Å². The molecule has 0 saturated carbocycles. The first-order chi connectivity index (χ1) is 6.18. The Morgan fingerprint density at radius 1 is 1.15 bits per heavy atom. The molecule has 2 aliphatic rings. The first-order valence-electron chi connectivity index (χ1n) is 5.14. The van der Waals surface area contributed by atoms with Gasteiger partial charge >= 0.3 is 0 Å². The summed E-state index contributed by atoms with van der Waals surface area (Å²) in [5, 5.41) is 0. The van der Waals surface area contributed by atoms with Crippen molar-refractivity contribution in [2.45, 2.75) is 31.0 Å². The van der Waals surface area contributed by atoms with Crippen molar-refractivity contribution >= 4 is 0 Å². The predicted octanol–water partition coefficient (Wildman–Crippen LogP) is 0.410. The van der Waals surface area contributed by atoms with Crippen LogP contribution >= 0.6 is 0 Å². The number of nitrogens with zero attached hydrogens (tertiary/aromatic N) is 2. The summed E-state index contributed by atoms with van der Waals surface area (Å²) in [5.41, 5.74) is 0. The molecule has 2 fully saturated rings. The van der Waals surface area contributed by atoms with Gasteiger partial charge < -0.3 is 9.64 Å². The van der Waals surface area contributed by atoms with Gasteiger partial charge in [0.1, 0.15) is 0 Å². The predicted molar refractivity (Wildman–Crippen MR) is 52.9 cm³/mol. The van der Waals surface area contributed by atoms with Crippen LogP contribution < -0.4 is 0 Å². The Morgan fingerprint density at radius 3 is 2.15 bits per heavy atom. The van der Waals surface area contributed by atoms with E-state index in [4.69, 9.17) is 4.74 Å². The summed E-state index contributed by atoms with van der Waals surface area (Å²) in [5.74, 6) is 0. The van der Waals surface area contributed by atoms with Crippen molar-refractivity contribution in [3.05, 3.63) is 0 Å². The van der Waals surface area contributed by atoms with Crippen LogP contribution in [-0.4, -0.2) is 62.3 Å². The highest BCUT2D eigenvalue weighted by Gasteiger charge is 2.37. The summed E-state index contributed by atoms with van der Waals surface area (Å²) >= 11 is 0. The van der Waals surface area contributed by atoms with E-state index in [1.165, 1.54) is 12.8 Å². The third-order valence-electron chi connectivity index (χ3n) is 3.59. The number of piperidine rings is 1. The summed E-state index contributed by atoms with van der Waals surface area (Å²) in [4.78, 5) is 4.86. The van der Waals surface area contributed by atoms with Crippen LogP contribution in [0.15, 0.2) is 0 Å². The quantitative estimate of drug-likeness (QED) is 0.587. The van der Waals surface area contributed by atoms with Gasteiger partial charge in [-0.3, -0.25) is 4.90 Å². The van der Waals surface area contributed by atoms with Gasteiger partial charge in [0.25, 0.3) is 0 Å². The molecule has 2 bridgehead atoms. The maximum atomic E-state index is 5.57. The highest BCUT2D eigenvalue weighted by molar-refractivity contribution is 4.92. The topological polar surface area (TPSA) is 15.7 Å². The number of morpholine rings is 1. The second-order valence-electron chi connectivity index (χ2n) is 4.60. The number of hydrogen-bond donors (Lipinski definition) is 0. The molecule has 0 aromatic heterocycles. The van der Waals surface area contributed by atoms with Crippen molar-refractivity contribution in [1.82, 2.24) is 9.80 Å². The van der Waals surface area contributed by atoms with Gasteiger partial charge in [-0.2, -0.15) is 0 Å². The molecule has 0 aromatic rings. The summed E-state index contributed by atoms with van der Waals surface area (Å²) < 4.78 is 5.57. The number of likely N-dealkylation sites (N-methyl/N-ethyl adjacent to an activating group) is 1. The van der Waals surface area contributed by atoms with Crippen LogP contribution in [0.4, 0.5) is 0 Å². The Bertz CT molecular complexity index is 170. The van der Waals surface area contributed by atoms with E-state index in [1.54, 1.807) is 0 Å². The van der Waals surface area contributed by atoms with Crippen LogP contribution in [0.1, 0.15) is 12.8 Å². The lowest BCUT2D eigenvalue weighted by Gasteiger charge is -2.48. The third kappa shape index (κ3) is 1.73. The van der Waals surface area contributed by atoms with Crippen LogP contribution in [0.3, 0.4) is 0 Å². The Balaban J connectivity index is 2.03. The van der Waals surface area contributed by atoms with E-state index in [0.717, 1.165) is 19.3 Å². The minimum Gasteiger partial charge on any atom is -0.378 e. The number of hydrogen-bond acceptors (Lipinski definition) is 3. The molecule has 2 rings (SSSR count). The molecular weight excluding hydrogens is 164 g/mol. The second kappa shape index (κ2) is 3.56. The first kappa shape index (κ1) is 9.44. The van der Waals surface area contributed by atoms with Crippen LogP contribution in [0.25, 0.3) is 0 Å². The lowest BCUT2D eigenvalue weighted by atomic mass is 9.90. The fraction of sp³-hybridized carbons (Fsp3) is 1.00. The van der Waals surface area contributed by atoms with E-state index in [1.807, 2.05) is 0 Å². The summed E-state index contributed by atoms with van der Waals surface area (Å²) in [6.07, 6.45) is 2.53. The standard InChI is InChI=1S/C10H20N2O/c1-11(2)8-4-9-6-13-7-10(5-8)12(9)3/h8-10H,4-7H2,1-3H3. The molecule has 3 nitrogen and oxygen atoms in total. The van der Waals surface area contributed by atoms with E-state index in [9.17, 15) is 0 Å². The van der Waals surface area contributed by atoms with Crippen LogP contribution in [0.2, 0.25) is 0 Å². The van der Waals surface area contributed by atoms with E-state index in [0.29, 0.717) is 12.1 Å². The molecule has 0 aromatic carbocycles. The number of fused-ring (bicyclic) bond motifs is 2. The summed E-state index contributed by atoms with van der Waals surface area (Å²) in [6, 6.07) is 2.06. The molecule has 0 aliphatic carbocycles. The average Bonchev–Trinajstić information content (AvgIpc) is 2.02. The molecule has 2 unspecified atom stereocenters. The average molecular weight is 184 g/mol. The van der Waals surface area contributed by atoms with Crippen molar-refractivity contribution in [2.75, 3.05) is 34.4 Å². The minimum absolute atomic E-state index is 0.653. The molecule has 0 radical (unpaired) electrons. The molecule has 2 aliphatic heterocycles. The largest absolute Gasteiger partial charge is 0.378 e. The lowest BCUT2D eigenvalue weighted by molar-refractivity contribution is -0.0780. The summed E-state index contributed by atoms with van der Waals surface area (Å²) in [6.45, 7) is 1.86. The van der Waals surface area contributed by atoms with Crippen molar-refractivity contribution < 1.29 is 4.74 Å². The van der Waals surface area contributed by atoms with Crippen molar-refractivity contribution in [1.29, 1.82) is 0 Å². The van der Waals surface area contributed by atoms with Crippen molar-refractivity contribution in [3.63, 3.8) is 0 Å². The van der Waals surface area contributed by atoms with E-state index >= 15 is 0 Å². The molecule has 13 heavy (non-hydrogen) atoms. The normalized spacial score (nSPS) is 41.1. The van der Waals surface area contributed by atoms with Gasteiger partial charge in [-0.05, 0) is 34.0 Å². The van der Waals surface area contributed by atoms with Gasteiger partial charge in [0.05, 0.1) is 13.2 Å². The second-order valence-corrected chi connectivity index (χ2v) is 4.60. The minimum atomic E-state index is 0.653. The Hall–Kier alpha value is -0.120. The lowest BCUT2D eigenvalue weighted by Crippen LogP contribution is -2.58. The maximum absolute atomic E-state index is 5.57. The fourth-order valence-electron chi connectivity index (χ4n) is 2.49.